The van der Waals surface area contributed by atoms with Crippen molar-refractivity contribution in [2.24, 2.45) is 0 Å². The number of hydrogen-bond donors (Lipinski definition) is 0. The molecule has 72 valence electrons. The summed E-state index contributed by atoms with van der Waals surface area (Å²) in [5.41, 5.74) is 0. The number of ketones is 1. The fourth-order valence-corrected chi connectivity index (χ4v) is 0.654. The van der Waals surface area contributed by atoms with Crippen molar-refractivity contribution >= 4 is 11.8 Å². The standard InChI is InChI=1S/C10H14O3/c1-3-13-10(12)8-6-4-5-7-9(2)11/h4-7H,3,8H2,1-2H3/b6-4-,7-5+. The number of hydrogen-bond acceptors (Lipinski definition) is 3. The van der Waals surface area contributed by atoms with Crippen LogP contribution in [0, 0.1) is 0 Å². The fourth-order valence-electron chi connectivity index (χ4n) is 0.654. The Kier molecular flexibility index (Phi) is 6.51. The predicted octanol–water partition coefficient (Wildman–Crippen LogP) is 1.64. The molecule has 0 radical (unpaired) electrons. The van der Waals surface area contributed by atoms with Crippen LogP contribution in [0.4, 0.5) is 0 Å². The molecule has 0 aliphatic carbocycles. The molecule has 0 aliphatic heterocycles. The topological polar surface area (TPSA) is 43.4 Å². The summed E-state index contributed by atoms with van der Waals surface area (Å²) in [7, 11) is 0. The number of esters is 1. The number of allylic oxidation sites excluding steroid dienone is 3. The van der Waals surface area contributed by atoms with Gasteiger partial charge in [0.25, 0.3) is 0 Å². The molecule has 0 fully saturated rings. The first kappa shape index (κ1) is 11.6. The van der Waals surface area contributed by atoms with Gasteiger partial charge in [0.1, 0.15) is 0 Å². The number of rotatable bonds is 5. The van der Waals surface area contributed by atoms with Gasteiger partial charge in [-0.3, -0.25) is 9.59 Å². The molecule has 0 aromatic carbocycles. The molecule has 3 heteroatoms. The van der Waals surface area contributed by atoms with Crippen LogP contribution in [0.25, 0.3) is 0 Å². The first-order valence-electron chi connectivity index (χ1n) is 4.16. The predicted molar refractivity (Wildman–Crippen MR) is 50.2 cm³/mol. The molecular weight excluding hydrogens is 168 g/mol. The summed E-state index contributed by atoms with van der Waals surface area (Å²) in [6.07, 6.45) is 6.58. The van der Waals surface area contributed by atoms with Gasteiger partial charge in [0.15, 0.2) is 5.78 Å². The Morgan fingerprint density at radius 3 is 2.54 bits per heavy atom. The van der Waals surface area contributed by atoms with Gasteiger partial charge in [0, 0.05) is 0 Å². The van der Waals surface area contributed by atoms with Crippen molar-refractivity contribution in [2.45, 2.75) is 20.3 Å². The molecule has 0 saturated heterocycles. The fraction of sp³-hybridized carbons (Fsp3) is 0.400. The molecule has 3 nitrogen and oxygen atoms in total. The second-order valence-corrected chi connectivity index (χ2v) is 2.41. The second-order valence-electron chi connectivity index (χ2n) is 2.41. The lowest BCUT2D eigenvalue weighted by Gasteiger charge is -1.95. The Balaban J connectivity index is 3.63. The van der Waals surface area contributed by atoms with E-state index in [1.54, 1.807) is 25.2 Å². The van der Waals surface area contributed by atoms with Crippen LogP contribution in [0.1, 0.15) is 20.3 Å². The van der Waals surface area contributed by atoms with E-state index in [4.69, 9.17) is 0 Å². The minimum Gasteiger partial charge on any atom is -0.466 e. The Bertz CT molecular complexity index is 226. The molecule has 0 saturated carbocycles. The van der Waals surface area contributed by atoms with Crippen LogP contribution >= 0.6 is 0 Å². The van der Waals surface area contributed by atoms with Gasteiger partial charge in [-0.25, -0.2) is 0 Å². The van der Waals surface area contributed by atoms with Crippen molar-refractivity contribution in [3.05, 3.63) is 24.3 Å². The molecule has 0 amide bonds. The smallest absolute Gasteiger partial charge is 0.309 e. The minimum atomic E-state index is -0.255. The molecule has 0 bridgehead atoms. The van der Waals surface area contributed by atoms with Crippen molar-refractivity contribution in [1.29, 1.82) is 0 Å². The molecule has 13 heavy (non-hydrogen) atoms. The van der Waals surface area contributed by atoms with E-state index in [1.165, 1.54) is 13.0 Å². The lowest BCUT2D eigenvalue weighted by Crippen LogP contribution is -2.01. The first-order chi connectivity index (χ1) is 6.16. The maximum Gasteiger partial charge on any atom is 0.309 e. The van der Waals surface area contributed by atoms with E-state index in [0.717, 1.165) is 0 Å². The molecule has 0 unspecified atom stereocenters. The van der Waals surface area contributed by atoms with Crippen LogP contribution in [0.15, 0.2) is 24.3 Å². The lowest BCUT2D eigenvalue weighted by atomic mass is 10.3. The molecular formula is C10H14O3. The van der Waals surface area contributed by atoms with Gasteiger partial charge in [-0.15, -0.1) is 0 Å². The maximum absolute atomic E-state index is 10.8. The average Bonchev–Trinajstić information content (AvgIpc) is 2.03. The SMILES string of the molecule is CCOC(=O)C/C=C\C=C\C(C)=O. The summed E-state index contributed by atoms with van der Waals surface area (Å²) in [5.74, 6) is -0.268. The summed E-state index contributed by atoms with van der Waals surface area (Å²) < 4.78 is 4.69. The Hall–Kier alpha value is -1.38. The summed E-state index contributed by atoms with van der Waals surface area (Å²) >= 11 is 0. The van der Waals surface area contributed by atoms with Gasteiger partial charge in [-0.05, 0) is 19.9 Å². The van der Waals surface area contributed by atoms with E-state index in [1.807, 2.05) is 0 Å². The third-order valence-electron chi connectivity index (χ3n) is 1.17. The quantitative estimate of drug-likeness (QED) is 0.369. The van der Waals surface area contributed by atoms with E-state index < -0.39 is 0 Å². The third kappa shape index (κ3) is 8.53. The Morgan fingerprint density at radius 2 is 2.00 bits per heavy atom. The number of ether oxygens (including phenoxy) is 1. The summed E-state index contributed by atoms with van der Waals surface area (Å²) in [6, 6.07) is 0. The van der Waals surface area contributed by atoms with Crippen LogP contribution in [0.2, 0.25) is 0 Å². The zero-order valence-corrected chi connectivity index (χ0v) is 7.95. The molecule has 0 aliphatic rings. The van der Waals surface area contributed by atoms with E-state index >= 15 is 0 Å². The van der Waals surface area contributed by atoms with Crippen LogP contribution in [-0.4, -0.2) is 18.4 Å². The average molecular weight is 182 g/mol. The van der Waals surface area contributed by atoms with Crippen molar-refractivity contribution in [1.82, 2.24) is 0 Å². The molecule has 0 rings (SSSR count). The summed E-state index contributed by atoms with van der Waals surface area (Å²) in [6.45, 7) is 3.63. The molecule has 0 heterocycles. The van der Waals surface area contributed by atoms with Crippen LogP contribution in [0.5, 0.6) is 0 Å². The third-order valence-corrected chi connectivity index (χ3v) is 1.17. The minimum absolute atomic E-state index is 0.0132. The highest BCUT2D eigenvalue weighted by Gasteiger charge is 1.94. The van der Waals surface area contributed by atoms with Crippen LogP contribution in [-0.2, 0) is 14.3 Å². The number of carbonyl (C=O) groups excluding carboxylic acids is 2. The lowest BCUT2D eigenvalue weighted by molar-refractivity contribution is -0.142. The Labute approximate surface area is 78.1 Å². The molecule has 0 N–H and O–H groups in total. The van der Waals surface area contributed by atoms with Gasteiger partial charge < -0.3 is 4.74 Å². The van der Waals surface area contributed by atoms with Gasteiger partial charge in [0.05, 0.1) is 13.0 Å². The second kappa shape index (κ2) is 7.28. The van der Waals surface area contributed by atoms with Gasteiger partial charge in [-0.2, -0.15) is 0 Å². The largest absolute Gasteiger partial charge is 0.466 e. The van der Waals surface area contributed by atoms with E-state index in [9.17, 15) is 9.59 Å². The van der Waals surface area contributed by atoms with Gasteiger partial charge >= 0.3 is 5.97 Å². The highest BCUT2D eigenvalue weighted by molar-refractivity contribution is 5.87. The monoisotopic (exact) mass is 182 g/mol. The van der Waals surface area contributed by atoms with Gasteiger partial charge in [-0.1, -0.05) is 18.2 Å². The van der Waals surface area contributed by atoms with Crippen LogP contribution in [0.3, 0.4) is 0 Å². The van der Waals surface area contributed by atoms with E-state index in [2.05, 4.69) is 4.74 Å². The highest BCUT2D eigenvalue weighted by Crippen LogP contribution is 1.89. The molecule has 0 spiro atoms. The van der Waals surface area contributed by atoms with E-state index in [-0.39, 0.29) is 18.2 Å². The summed E-state index contributed by atoms with van der Waals surface area (Å²) in [5, 5.41) is 0. The molecule has 0 aromatic heterocycles. The van der Waals surface area contributed by atoms with Gasteiger partial charge in [0.2, 0.25) is 0 Å². The normalized spacial score (nSPS) is 10.9. The van der Waals surface area contributed by atoms with Crippen molar-refractivity contribution in [3.63, 3.8) is 0 Å². The first-order valence-corrected chi connectivity index (χ1v) is 4.16. The van der Waals surface area contributed by atoms with Crippen molar-refractivity contribution in [3.8, 4) is 0 Å². The van der Waals surface area contributed by atoms with Crippen LogP contribution < -0.4 is 0 Å². The highest BCUT2D eigenvalue weighted by atomic mass is 16.5. The van der Waals surface area contributed by atoms with E-state index in [0.29, 0.717) is 6.61 Å². The summed E-state index contributed by atoms with van der Waals surface area (Å²) in [4.78, 5) is 21.2. The number of carbonyl (C=O) groups is 2. The molecule has 0 aromatic rings. The van der Waals surface area contributed by atoms with Crippen molar-refractivity contribution in [2.75, 3.05) is 6.61 Å². The zero-order chi connectivity index (χ0) is 10.1. The maximum atomic E-state index is 10.8. The Morgan fingerprint density at radius 1 is 1.31 bits per heavy atom. The molecule has 0 atom stereocenters. The zero-order valence-electron chi connectivity index (χ0n) is 7.95. The van der Waals surface area contributed by atoms with Crippen molar-refractivity contribution < 1.29 is 14.3 Å².